The molecule has 0 atom stereocenters. The van der Waals surface area contributed by atoms with E-state index in [-0.39, 0.29) is 0 Å². The quantitative estimate of drug-likeness (QED) is 0.199. The van der Waals surface area contributed by atoms with Crippen LogP contribution in [0.1, 0.15) is 114 Å². The fourth-order valence-electron chi connectivity index (χ4n) is 6.54. The van der Waals surface area contributed by atoms with E-state index in [1.807, 2.05) is 6.08 Å². The van der Waals surface area contributed by atoms with E-state index in [2.05, 4.69) is 31.2 Å². The molecule has 0 spiro atoms. The summed E-state index contributed by atoms with van der Waals surface area (Å²) in [5.74, 6) is -0.227. The molecule has 0 saturated heterocycles. The lowest BCUT2D eigenvalue weighted by Gasteiger charge is -2.38. The lowest BCUT2D eigenvalue weighted by atomic mass is 9.68. The minimum absolute atomic E-state index is 0.360. The Hall–Kier alpha value is -2.03. The first-order chi connectivity index (χ1) is 16.9. The minimum atomic E-state index is -1.42. The van der Waals surface area contributed by atoms with E-state index in [0.717, 1.165) is 35.4 Å². The predicted molar refractivity (Wildman–Crippen MR) is 141 cm³/mol. The van der Waals surface area contributed by atoms with Crippen LogP contribution in [0.3, 0.4) is 0 Å². The second-order valence-corrected chi connectivity index (χ2v) is 11.1. The highest BCUT2D eigenvalue weighted by atomic mass is 19.2. The highest BCUT2D eigenvalue weighted by molar-refractivity contribution is 5.80. The summed E-state index contributed by atoms with van der Waals surface area (Å²) < 4.78 is 40.4. The molecule has 2 aromatic rings. The van der Waals surface area contributed by atoms with Crippen LogP contribution >= 0.6 is 0 Å². The third-order valence-electron chi connectivity index (χ3n) is 8.78. The largest absolute Gasteiger partial charge is 0.204 e. The smallest absolute Gasteiger partial charge is 0.194 e. The molecule has 2 fully saturated rings. The van der Waals surface area contributed by atoms with Crippen molar-refractivity contribution in [2.75, 3.05) is 0 Å². The van der Waals surface area contributed by atoms with Crippen molar-refractivity contribution in [2.45, 2.75) is 96.8 Å². The summed E-state index contributed by atoms with van der Waals surface area (Å²) in [6.45, 7) is 4.09. The molecule has 2 saturated carbocycles. The van der Waals surface area contributed by atoms with Crippen LogP contribution in [0.2, 0.25) is 0 Å². The van der Waals surface area contributed by atoms with Gasteiger partial charge in [-0.25, -0.2) is 13.2 Å². The first-order valence-electron chi connectivity index (χ1n) is 13.9. The molecule has 2 aliphatic rings. The monoisotopic (exact) mass is 482 g/mol. The van der Waals surface area contributed by atoms with E-state index >= 15 is 0 Å². The molecule has 190 valence electrons. The Morgan fingerprint density at radius 1 is 0.800 bits per heavy atom. The second kappa shape index (κ2) is 12.3. The van der Waals surface area contributed by atoms with Gasteiger partial charge in [0.05, 0.1) is 0 Å². The van der Waals surface area contributed by atoms with Crippen molar-refractivity contribution in [3.8, 4) is 0 Å². The zero-order valence-corrected chi connectivity index (χ0v) is 21.5. The molecular weight excluding hydrogens is 441 g/mol. The maximum Gasteiger partial charge on any atom is 0.194 e. The SMILES string of the molecule is CCCCCC1CCC(C2CCC(c3ccc(/C=C(\C)c4cc(F)c(F)c(F)c4)cc3)CC2)CC1. The Morgan fingerprint density at radius 2 is 1.37 bits per heavy atom. The minimum Gasteiger partial charge on any atom is -0.204 e. The number of halogens is 3. The molecule has 0 N–H and O–H groups in total. The van der Waals surface area contributed by atoms with Crippen LogP contribution < -0.4 is 0 Å². The molecule has 0 nitrogen and oxygen atoms in total. The van der Waals surface area contributed by atoms with Crippen LogP contribution in [-0.4, -0.2) is 0 Å². The lowest BCUT2D eigenvalue weighted by molar-refractivity contribution is 0.155. The van der Waals surface area contributed by atoms with Gasteiger partial charge in [0, 0.05) is 0 Å². The molecule has 0 aromatic heterocycles. The molecular formula is C32H41F3. The van der Waals surface area contributed by atoms with Gasteiger partial charge in [0.15, 0.2) is 17.5 Å². The number of allylic oxidation sites excluding steroid dienone is 1. The fraction of sp³-hybridized carbons (Fsp3) is 0.562. The van der Waals surface area contributed by atoms with E-state index in [1.165, 1.54) is 82.6 Å². The van der Waals surface area contributed by atoms with Crippen molar-refractivity contribution in [3.05, 3.63) is 70.5 Å². The Kier molecular flexibility index (Phi) is 9.14. The Morgan fingerprint density at radius 3 is 1.94 bits per heavy atom. The number of hydrogen-bond donors (Lipinski definition) is 0. The number of unbranched alkanes of at least 4 members (excludes halogenated alkanes) is 2. The predicted octanol–water partition coefficient (Wildman–Crippen LogP) is 10.3. The Labute approximate surface area is 210 Å². The van der Waals surface area contributed by atoms with Gasteiger partial charge in [-0.05, 0) is 104 Å². The van der Waals surface area contributed by atoms with Crippen LogP contribution in [0.15, 0.2) is 36.4 Å². The summed E-state index contributed by atoms with van der Waals surface area (Å²) in [5.41, 5.74) is 3.45. The first kappa shape index (κ1) is 26.0. The van der Waals surface area contributed by atoms with Crippen LogP contribution in [0, 0.1) is 35.2 Å². The van der Waals surface area contributed by atoms with Gasteiger partial charge in [0.2, 0.25) is 0 Å². The molecule has 35 heavy (non-hydrogen) atoms. The zero-order valence-electron chi connectivity index (χ0n) is 21.5. The van der Waals surface area contributed by atoms with Crippen molar-refractivity contribution < 1.29 is 13.2 Å². The molecule has 0 aliphatic heterocycles. The highest BCUT2D eigenvalue weighted by Gasteiger charge is 2.31. The van der Waals surface area contributed by atoms with Crippen LogP contribution in [-0.2, 0) is 0 Å². The summed E-state index contributed by atoms with van der Waals surface area (Å²) in [5, 5.41) is 0. The third-order valence-corrected chi connectivity index (χ3v) is 8.78. The molecule has 2 aromatic carbocycles. The summed E-state index contributed by atoms with van der Waals surface area (Å²) in [6, 6.07) is 10.7. The summed E-state index contributed by atoms with van der Waals surface area (Å²) in [7, 11) is 0. The van der Waals surface area contributed by atoms with Gasteiger partial charge in [-0.3, -0.25) is 0 Å². The number of hydrogen-bond acceptors (Lipinski definition) is 0. The molecule has 0 bridgehead atoms. The zero-order chi connectivity index (χ0) is 24.8. The summed E-state index contributed by atoms with van der Waals surface area (Å²) >= 11 is 0. The topological polar surface area (TPSA) is 0 Å². The molecule has 3 heteroatoms. The molecule has 0 heterocycles. The van der Waals surface area contributed by atoms with Crippen LogP contribution in [0.4, 0.5) is 13.2 Å². The Bertz CT molecular complexity index is 951. The summed E-state index contributed by atoms with van der Waals surface area (Å²) in [4.78, 5) is 0. The molecule has 0 radical (unpaired) electrons. The second-order valence-electron chi connectivity index (χ2n) is 11.1. The van der Waals surface area contributed by atoms with Crippen molar-refractivity contribution in [2.24, 2.45) is 17.8 Å². The van der Waals surface area contributed by atoms with E-state index in [4.69, 9.17) is 0 Å². The average Bonchev–Trinajstić information content (AvgIpc) is 2.88. The first-order valence-corrected chi connectivity index (χ1v) is 13.9. The number of benzene rings is 2. The van der Waals surface area contributed by atoms with Gasteiger partial charge in [0.1, 0.15) is 0 Å². The average molecular weight is 483 g/mol. The lowest BCUT2D eigenvalue weighted by Crippen LogP contribution is -2.25. The maximum absolute atomic E-state index is 13.6. The maximum atomic E-state index is 13.6. The van der Waals surface area contributed by atoms with Crippen molar-refractivity contribution in [1.29, 1.82) is 0 Å². The van der Waals surface area contributed by atoms with Gasteiger partial charge in [0.25, 0.3) is 0 Å². The highest BCUT2D eigenvalue weighted by Crippen LogP contribution is 2.44. The van der Waals surface area contributed by atoms with E-state index < -0.39 is 17.5 Å². The van der Waals surface area contributed by atoms with Gasteiger partial charge in [-0.2, -0.15) is 0 Å². The van der Waals surface area contributed by atoms with Gasteiger partial charge in [-0.15, -0.1) is 0 Å². The third kappa shape index (κ3) is 6.80. The van der Waals surface area contributed by atoms with E-state index in [0.29, 0.717) is 17.1 Å². The van der Waals surface area contributed by atoms with Crippen LogP contribution in [0.25, 0.3) is 11.6 Å². The molecule has 4 rings (SSSR count). The number of rotatable bonds is 8. The van der Waals surface area contributed by atoms with E-state index in [1.54, 1.807) is 6.92 Å². The van der Waals surface area contributed by atoms with Crippen molar-refractivity contribution >= 4 is 11.6 Å². The fourth-order valence-corrected chi connectivity index (χ4v) is 6.54. The van der Waals surface area contributed by atoms with Crippen molar-refractivity contribution in [1.82, 2.24) is 0 Å². The molecule has 2 aliphatic carbocycles. The van der Waals surface area contributed by atoms with Crippen molar-refractivity contribution in [3.63, 3.8) is 0 Å². The summed E-state index contributed by atoms with van der Waals surface area (Å²) in [6.07, 6.45) is 18.6. The standard InChI is InChI=1S/C32H41F3/c1-3-4-5-6-23-7-11-25(12-8-23)27-15-17-28(18-16-27)26-13-9-24(10-14-26)19-22(2)29-20-30(33)32(35)31(34)21-29/h9-10,13-14,19-21,23,25,27-28H,3-8,11-12,15-18H2,1-2H3/b22-19+. The van der Waals surface area contributed by atoms with E-state index in [9.17, 15) is 13.2 Å². The van der Waals surface area contributed by atoms with Gasteiger partial charge in [-0.1, -0.05) is 75.8 Å². The van der Waals surface area contributed by atoms with Gasteiger partial charge >= 0.3 is 0 Å². The van der Waals surface area contributed by atoms with Gasteiger partial charge < -0.3 is 0 Å². The Balaban J connectivity index is 1.28. The molecule has 0 unspecified atom stereocenters. The normalized spacial score (nSPS) is 25.6. The molecule has 0 amide bonds. The van der Waals surface area contributed by atoms with Crippen LogP contribution in [0.5, 0.6) is 0 Å².